The molecule has 136 valence electrons. The predicted molar refractivity (Wildman–Crippen MR) is 105 cm³/mol. The first-order chi connectivity index (χ1) is 13.1. The van der Waals surface area contributed by atoms with E-state index in [1.165, 1.54) is 17.8 Å². The van der Waals surface area contributed by atoms with Gasteiger partial charge in [-0.15, -0.1) is 10.2 Å². The molecule has 2 heterocycles. The van der Waals surface area contributed by atoms with Crippen LogP contribution in [0.25, 0.3) is 17.1 Å². The zero-order valence-electron chi connectivity index (χ0n) is 14.4. The Labute approximate surface area is 164 Å². The number of para-hydroxylation sites is 1. The monoisotopic (exact) mass is 399 g/mol. The summed E-state index contributed by atoms with van der Waals surface area (Å²) in [5, 5.41) is 13.9. The van der Waals surface area contributed by atoms with E-state index in [0.717, 1.165) is 5.56 Å². The van der Waals surface area contributed by atoms with Crippen LogP contribution in [0.4, 0.5) is 4.39 Å². The molecular formula is C19H15ClFN5S. The summed E-state index contributed by atoms with van der Waals surface area (Å²) in [5.74, 6) is 0.788. The molecule has 2 aromatic carbocycles. The molecule has 2 aromatic heterocycles. The highest BCUT2D eigenvalue weighted by molar-refractivity contribution is 7.98. The molecule has 27 heavy (non-hydrogen) atoms. The van der Waals surface area contributed by atoms with Crippen LogP contribution in [0.1, 0.15) is 5.56 Å². The van der Waals surface area contributed by atoms with Crippen LogP contribution in [-0.2, 0) is 12.8 Å². The Kier molecular flexibility index (Phi) is 4.96. The molecule has 0 aliphatic rings. The quantitative estimate of drug-likeness (QED) is 0.454. The van der Waals surface area contributed by atoms with Crippen LogP contribution in [0.15, 0.2) is 66.1 Å². The topological polar surface area (TPSA) is 48.5 Å². The van der Waals surface area contributed by atoms with E-state index < -0.39 is 0 Å². The fourth-order valence-electron chi connectivity index (χ4n) is 2.72. The first kappa shape index (κ1) is 17.8. The molecule has 4 aromatic rings. The molecule has 0 saturated heterocycles. The number of aromatic nitrogens is 5. The molecule has 0 amide bonds. The molecule has 0 atom stereocenters. The number of hydrogen-bond donors (Lipinski definition) is 0. The van der Waals surface area contributed by atoms with Crippen molar-refractivity contribution in [2.45, 2.75) is 10.9 Å². The van der Waals surface area contributed by atoms with E-state index in [1.54, 1.807) is 39.7 Å². The van der Waals surface area contributed by atoms with E-state index in [2.05, 4.69) is 15.3 Å². The summed E-state index contributed by atoms with van der Waals surface area (Å²) in [6, 6.07) is 13.9. The van der Waals surface area contributed by atoms with Gasteiger partial charge in [0.15, 0.2) is 11.0 Å². The maximum atomic E-state index is 14.6. The standard InChI is InChI=1S/C19H15ClFN5S/c1-25-11-13(10-22-25)12-27-19-24-23-18(14-6-2-3-7-15(14)20)26(19)17-9-5-4-8-16(17)21/h2-11H,12H2,1H3. The van der Waals surface area contributed by atoms with Crippen LogP contribution in [0.5, 0.6) is 0 Å². The van der Waals surface area contributed by atoms with Gasteiger partial charge in [-0.1, -0.05) is 47.6 Å². The van der Waals surface area contributed by atoms with Crippen LogP contribution in [-0.4, -0.2) is 24.5 Å². The SMILES string of the molecule is Cn1cc(CSc2nnc(-c3ccccc3Cl)n2-c2ccccc2F)cn1. The van der Waals surface area contributed by atoms with Crippen molar-refractivity contribution in [3.8, 4) is 17.1 Å². The number of aryl methyl sites for hydroxylation is 1. The van der Waals surface area contributed by atoms with Crippen molar-refractivity contribution in [3.05, 3.63) is 77.3 Å². The number of thioether (sulfide) groups is 1. The van der Waals surface area contributed by atoms with Crippen LogP contribution in [0.2, 0.25) is 5.02 Å². The third-order valence-corrected chi connectivity index (χ3v) is 5.30. The van der Waals surface area contributed by atoms with E-state index in [1.807, 2.05) is 31.4 Å². The van der Waals surface area contributed by atoms with Crippen LogP contribution in [0.3, 0.4) is 0 Å². The van der Waals surface area contributed by atoms with E-state index >= 15 is 0 Å². The molecular weight excluding hydrogens is 385 g/mol. The molecule has 0 aliphatic carbocycles. The average Bonchev–Trinajstić information content (AvgIpc) is 3.27. The molecule has 0 aliphatic heterocycles. The summed E-state index contributed by atoms with van der Waals surface area (Å²) in [5.41, 5.74) is 2.12. The minimum Gasteiger partial charge on any atom is -0.276 e. The van der Waals surface area contributed by atoms with Gasteiger partial charge in [-0.3, -0.25) is 9.25 Å². The third-order valence-electron chi connectivity index (χ3n) is 3.97. The Morgan fingerprint density at radius 1 is 1.07 bits per heavy atom. The molecule has 8 heteroatoms. The highest BCUT2D eigenvalue weighted by Gasteiger charge is 2.20. The molecule has 0 radical (unpaired) electrons. The number of nitrogens with zero attached hydrogens (tertiary/aromatic N) is 5. The van der Waals surface area contributed by atoms with Gasteiger partial charge in [-0.25, -0.2) is 4.39 Å². The van der Waals surface area contributed by atoms with E-state index in [9.17, 15) is 4.39 Å². The van der Waals surface area contributed by atoms with Crippen LogP contribution in [0, 0.1) is 5.82 Å². The second-order valence-electron chi connectivity index (χ2n) is 5.88. The molecule has 0 fully saturated rings. The van der Waals surface area contributed by atoms with Crippen molar-refractivity contribution >= 4 is 23.4 Å². The molecule has 4 rings (SSSR count). The largest absolute Gasteiger partial charge is 0.276 e. The lowest BCUT2D eigenvalue weighted by molar-refractivity contribution is 0.613. The molecule has 0 saturated carbocycles. The minimum absolute atomic E-state index is 0.353. The van der Waals surface area contributed by atoms with E-state index in [-0.39, 0.29) is 5.82 Å². The van der Waals surface area contributed by atoms with Crippen molar-refractivity contribution in [2.75, 3.05) is 0 Å². The predicted octanol–water partition coefficient (Wildman–Crippen LogP) is 4.75. The van der Waals surface area contributed by atoms with Gasteiger partial charge in [0, 0.05) is 30.1 Å². The smallest absolute Gasteiger partial charge is 0.196 e. The first-order valence-electron chi connectivity index (χ1n) is 8.19. The van der Waals surface area contributed by atoms with E-state index in [0.29, 0.717) is 33.0 Å². The highest BCUT2D eigenvalue weighted by Crippen LogP contribution is 2.33. The lowest BCUT2D eigenvalue weighted by atomic mass is 10.2. The number of rotatable bonds is 5. The van der Waals surface area contributed by atoms with Gasteiger partial charge in [0.25, 0.3) is 0 Å². The van der Waals surface area contributed by atoms with Crippen LogP contribution >= 0.6 is 23.4 Å². The Balaban J connectivity index is 1.80. The average molecular weight is 400 g/mol. The number of hydrogen-bond acceptors (Lipinski definition) is 4. The Bertz CT molecular complexity index is 1090. The fraction of sp³-hybridized carbons (Fsp3) is 0.105. The zero-order chi connectivity index (χ0) is 18.8. The maximum Gasteiger partial charge on any atom is 0.196 e. The van der Waals surface area contributed by atoms with Crippen molar-refractivity contribution in [1.82, 2.24) is 24.5 Å². The van der Waals surface area contributed by atoms with Crippen LogP contribution < -0.4 is 0 Å². The number of benzene rings is 2. The summed E-state index contributed by atoms with van der Waals surface area (Å²) < 4.78 is 18.0. The molecule has 0 unspecified atom stereocenters. The summed E-state index contributed by atoms with van der Waals surface area (Å²) in [6.45, 7) is 0. The Morgan fingerprint density at radius 3 is 2.59 bits per heavy atom. The van der Waals surface area contributed by atoms with Gasteiger partial charge in [-0.2, -0.15) is 5.10 Å². The minimum atomic E-state index is -0.353. The van der Waals surface area contributed by atoms with Crippen molar-refractivity contribution in [1.29, 1.82) is 0 Å². The van der Waals surface area contributed by atoms with Gasteiger partial charge >= 0.3 is 0 Å². The van der Waals surface area contributed by atoms with Crippen molar-refractivity contribution in [2.24, 2.45) is 7.05 Å². The second-order valence-corrected chi connectivity index (χ2v) is 7.23. The normalized spacial score (nSPS) is 11.1. The molecule has 5 nitrogen and oxygen atoms in total. The summed E-state index contributed by atoms with van der Waals surface area (Å²) in [7, 11) is 1.87. The lowest BCUT2D eigenvalue weighted by Crippen LogP contribution is -2.02. The summed E-state index contributed by atoms with van der Waals surface area (Å²) >= 11 is 7.81. The number of halogens is 2. The second kappa shape index (κ2) is 7.54. The molecule has 0 bridgehead atoms. The highest BCUT2D eigenvalue weighted by atomic mass is 35.5. The van der Waals surface area contributed by atoms with Gasteiger partial charge in [0.05, 0.1) is 16.9 Å². The zero-order valence-corrected chi connectivity index (χ0v) is 16.0. The van der Waals surface area contributed by atoms with Gasteiger partial charge in [0.2, 0.25) is 0 Å². The van der Waals surface area contributed by atoms with Gasteiger partial charge < -0.3 is 0 Å². The first-order valence-corrected chi connectivity index (χ1v) is 9.55. The van der Waals surface area contributed by atoms with Gasteiger partial charge in [0.1, 0.15) is 5.82 Å². The maximum absolute atomic E-state index is 14.6. The summed E-state index contributed by atoms with van der Waals surface area (Å²) in [6.07, 6.45) is 3.73. The Morgan fingerprint density at radius 2 is 1.85 bits per heavy atom. The van der Waals surface area contributed by atoms with Crippen molar-refractivity contribution < 1.29 is 4.39 Å². The van der Waals surface area contributed by atoms with Crippen molar-refractivity contribution in [3.63, 3.8) is 0 Å². The third kappa shape index (κ3) is 3.61. The fourth-order valence-corrected chi connectivity index (χ4v) is 3.80. The lowest BCUT2D eigenvalue weighted by Gasteiger charge is -2.11. The van der Waals surface area contributed by atoms with Gasteiger partial charge in [-0.05, 0) is 24.3 Å². The van der Waals surface area contributed by atoms with E-state index in [4.69, 9.17) is 11.6 Å². The molecule has 0 N–H and O–H groups in total. The molecule has 0 spiro atoms. The Hall–Kier alpha value is -2.64. The summed E-state index contributed by atoms with van der Waals surface area (Å²) in [4.78, 5) is 0.